The zero-order valence-corrected chi connectivity index (χ0v) is 16.5. The highest BCUT2D eigenvalue weighted by atomic mass is 19.2. The molecule has 2 atom stereocenters. The first-order valence-corrected chi connectivity index (χ1v) is 9.29. The van der Waals surface area contributed by atoms with Crippen molar-refractivity contribution in [3.8, 4) is 0 Å². The van der Waals surface area contributed by atoms with E-state index in [1.165, 1.54) is 6.20 Å². The molecule has 0 aromatic heterocycles. The predicted molar refractivity (Wildman–Crippen MR) is 104 cm³/mol. The molecule has 1 aromatic carbocycles. The molecule has 1 heterocycles. The second kappa shape index (κ2) is 10.8. The third-order valence-electron chi connectivity index (χ3n) is 4.54. The van der Waals surface area contributed by atoms with Crippen molar-refractivity contribution in [2.24, 2.45) is 17.2 Å². The normalized spacial score (nSPS) is 18.1. The van der Waals surface area contributed by atoms with Crippen molar-refractivity contribution in [2.45, 2.75) is 52.1 Å². The lowest BCUT2D eigenvalue weighted by Gasteiger charge is -2.35. The Labute approximate surface area is 164 Å². The number of benzene rings is 1. The molecule has 0 radical (unpaired) electrons. The minimum absolute atomic E-state index is 0.0574. The summed E-state index contributed by atoms with van der Waals surface area (Å²) in [7, 11) is 0. The van der Waals surface area contributed by atoms with Crippen LogP contribution >= 0.6 is 0 Å². The molecule has 0 saturated heterocycles. The van der Waals surface area contributed by atoms with Gasteiger partial charge in [0.1, 0.15) is 5.82 Å². The first-order valence-electron chi connectivity index (χ1n) is 9.29. The van der Waals surface area contributed by atoms with Crippen LogP contribution in [0.15, 0.2) is 35.7 Å². The van der Waals surface area contributed by atoms with Crippen LogP contribution < -0.4 is 17.2 Å². The Hall–Kier alpha value is -2.48. The summed E-state index contributed by atoms with van der Waals surface area (Å²) in [5.74, 6) is -3.53. The summed E-state index contributed by atoms with van der Waals surface area (Å²) in [5.41, 5.74) is 18.8. The maximum Gasteiger partial charge on any atom is 0.224 e. The molecule has 1 aliphatic heterocycles. The van der Waals surface area contributed by atoms with Crippen LogP contribution in [0.25, 0.3) is 0 Å². The summed E-state index contributed by atoms with van der Waals surface area (Å²) < 4.78 is 40.0. The fraction of sp³-hybridized carbons (Fsp3) is 0.450. The van der Waals surface area contributed by atoms with Crippen LogP contribution in [-0.2, 0) is 11.2 Å². The maximum atomic E-state index is 13.7. The maximum absolute atomic E-state index is 13.7. The van der Waals surface area contributed by atoms with Crippen molar-refractivity contribution in [2.75, 3.05) is 6.54 Å². The van der Waals surface area contributed by atoms with Gasteiger partial charge in [-0.2, -0.15) is 0 Å². The number of hydrogen-bond acceptors (Lipinski definition) is 4. The van der Waals surface area contributed by atoms with Crippen molar-refractivity contribution in [1.82, 2.24) is 4.90 Å². The average Bonchev–Trinajstić information content (AvgIpc) is 2.65. The first-order chi connectivity index (χ1) is 13.2. The van der Waals surface area contributed by atoms with Gasteiger partial charge in [-0.05, 0) is 49.2 Å². The molecule has 1 amide bonds. The SMILES string of the molecule is CC.CC1C(N)=C(/C=C\N)CCN1C(=O)C[C@H](N)Cc1cc(F)c(F)cc1F. The molecule has 0 spiro atoms. The number of carbonyl (C=O) groups is 1. The second-order valence-electron chi connectivity index (χ2n) is 6.38. The van der Waals surface area contributed by atoms with E-state index in [2.05, 4.69) is 0 Å². The van der Waals surface area contributed by atoms with Crippen molar-refractivity contribution in [1.29, 1.82) is 0 Å². The summed E-state index contributed by atoms with van der Waals surface area (Å²) in [6.45, 7) is 6.27. The molecule has 0 aliphatic carbocycles. The Balaban J connectivity index is 0.00000190. The molecule has 0 fully saturated rings. The molecule has 28 heavy (non-hydrogen) atoms. The molecule has 1 aromatic rings. The lowest BCUT2D eigenvalue weighted by molar-refractivity contribution is -0.133. The van der Waals surface area contributed by atoms with Crippen LogP contribution in [0, 0.1) is 17.5 Å². The van der Waals surface area contributed by atoms with Gasteiger partial charge < -0.3 is 22.1 Å². The summed E-state index contributed by atoms with van der Waals surface area (Å²) in [6, 6.07) is 0.202. The number of nitrogens with zero attached hydrogens (tertiary/aromatic N) is 1. The van der Waals surface area contributed by atoms with E-state index in [1.54, 1.807) is 17.9 Å². The van der Waals surface area contributed by atoms with E-state index in [-0.39, 0.29) is 30.4 Å². The Morgan fingerprint density at radius 1 is 1.25 bits per heavy atom. The first kappa shape index (κ1) is 23.6. The number of nitrogens with two attached hydrogens (primary N) is 3. The van der Waals surface area contributed by atoms with Crippen LogP contribution in [-0.4, -0.2) is 29.4 Å². The van der Waals surface area contributed by atoms with Crippen molar-refractivity contribution in [3.05, 3.63) is 58.7 Å². The second-order valence-corrected chi connectivity index (χ2v) is 6.38. The minimum Gasteiger partial charge on any atom is -0.405 e. The standard InChI is InChI=1S/C18H23F3N4O.C2H6/c1-10-18(24)11(2-4-22)3-5-25(10)17(26)8-13(23)6-12-7-15(20)16(21)9-14(12)19;1-2/h2,4,7,9-10,13H,3,5-6,8,22-24H2,1H3;1-2H3/b4-2-;/t10?,13-;/m1./s1. The molecule has 0 saturated carbocycles. The lowest BCUT2D eigenvalue weighted by atomic mass is 9.97. The fourth-order valence-corrected chi connectivity index (χ4v) is 3.07. The highest BCUT2D eigenvalue weighted by Crippen LogP contribution is 2.23. The van der Waals surface area contributed by atoms with Gasteiger partial charge in [-0.3, -0.25) is 4.79 Å². The smallest absolute Gasteiger partial charge is 0.224 e. The van der Waals surface area contributed by atoms with Gasteiger partial charge in [-0.1, -0.05) is 13.8 Å². The summed E-state index contributed by atoms with van der Waals surface area (Å²) >= 11 is 0. The molecule has 0 bridgehead atoms. The number of hydrogen-bond donors (Lipinski definition) is 3. The van der Waals surface area contributed by atoms with Crippen LogP contribution in [0.2, 0.25) is 0 Å². The molecular weight excluding hydrogens is 369 g/mol. The third-order valence-corrected chi connectivity index (χ3v) is 4.54. The Morgan fingerprint density at radius 2 is 1.86 bits per heavy atom. The largest absolute Gasteiger partial charge is 0.405 e. The predicted octanol–water partition coefficient (Wildman–Crippen LogP) is 2.70. The van der Waals surface area contributed by atoms with E-state index in [0.717, 1.165) is 11.6 Å². The van der Waals surface area contributed by atoms with Gasteiger partial charge in [0, 0.05) is 30.8 Å². The highest BCUT2D eigenvalue weighted by Gasteiger charge is 2.28. The molecule has 1 aliphatic rings. The number of allylic oxidation sites excluding steroid dienone is 1. The molecule has 5 nitrogen and oxygen atoms in total. The van der Waals surface area contributed by atoms with E-state index in [1.807, 2.05) is 13.8 Å². The van der Waals surface area contributed by atoms with Gasteiger partial charge in [0.15, 0.2) is 11.6 Å². The summed E-state index contributed by atoms with van der Waals surface area (Å²) in [5, 5.41) is 0. The summed E-state index contributed by atoms with van der Waals surface area (Å²) in [6.07, 6.45) is 3.55. The van der Waals surface area contributed by atoms with Crippen LogP contribution in [0.3, 0.4) is 0 Å². The monoisotopic (exact) mass is 398 g/mol. The Bertz CT molecular complexity index is 749. The molecule has 156 valence electrons. The molecule has 8 heteroatoms. The van der Waals surface area contributed by atoms with E-state index in [9.17, 15) is 18.0 Å². The Kier molecular flexibility index (Phi) is 9.05. The molecule has 1 unspecified atom stereocenters. The highest BCUT2D eigenvalue weighted by molar-refractivity contribution is 5.78. The molecule has 2 rings (SSSR count). The van der Waals surface area contributed by atoms with E-state index >= 15 is 0 Å². The van der Waals surface area contributed by atoms with Crippen LogP contribution in [0.5, 0.6) is 0 Å². The zero-order chi connectivity index (χ0) is 21.4. The molecule has 6 N–H and O–H groups in total. The topological polar surface area (TPSA) is 98.4 Å². The van der Waals surface area contributed by atoms with Gasteiger partial charge in [0.25, 0.3) is 0 Å². The zero-order valence-electron chi connectivity index (χ0n) is 16.5. The van der Waals surface area contributed by atoms with E-state index in [0.29, 0.717) is 24.7 Å². The Morgan fingerprint density at radius 3 is 2.46 bits per heavy atom. The number of halogens is 3. The van der Waals surface area contributed by atoms with Crippen molar-refractivity contribution >= 4 is 5.91 Å². The number of amides is 1. The quantitative estimate of drug-likeness (QED) is 0.664. The van der Waals surface area contributed by atoms with E-state index in [4.69, 9.17) is 17.2 Å². The van der Waals surface area contributed by atoms with Gasteiger partial charge in [0.2, 0.25) is 5.91 Å². The van der Waals surface area contributed by atoms with Crippen molar-refractivity contribution in [3.63, 3.8) is 0 Å². The summed E-state index contributed by atoms with van der Waals surface area (Å²) in [4.78, 5) is 14.1. The third kappa shape index (κ3) is 5.76. The van der Waals surface area contributed by atoms with Crippen LogP contribution in [0.4, 0.5) is 13.2 Å². The van der Waals surface area contributed by atoms with Gasteiger partial charge >= 0.3 is 0 Å². The van der Waals surface area contributed by atoms with E-state index < -0.39 is 23.5 Å². The van der Waals surface area contributed by atoms with Crippen molar-refractivity contribution < 1.29 is 18.0 Å². The fourth-order valence-electron chi connectivity index (χ4n) is 3.07. The number of carbonyl (C=O) groups excluding carboxylic acids is 1. The lowest BCUT2D eigenvalue weighted by Crippen LogP contribution is -2.47. The average molecular weight is 398 g/mol. The van der Waals surface area contributed by atoms with Gasteiger partial charge in [0.05, 0.1) is 6.04 Å². The van der Waals surface area contributed by atoms with Gasteiger partial charge in [-0.25, -0.2) is 13.2 Å². The molecular formula is C20H29F3N4O. The minimum atomic E-state index is -1.26. The number of rotatable bonds is 5. The van der Waals surface area contributed by atoms with Crippen LogP contribution in [0.1, 0.15) is 39.2 Å². The van der Waals surface area contributed by atoms with Gasteiger partial charge in [-0.15, -0.1) is 0 Å².